The Kier molecular flexibility index (Phi) is 7.79. The summed E-state index contributed by atoms with van der Waals surface area (Å²) in [6, 6.07) is 30.2. The predicted octanol–water partition coefficient (Wildman–Crippen LogP) is 7.02. The zero-order valence-corrected chi connectivity index (χ0v) is 19.4. The minimum atomic E-state index is 0.214. The lowest BCUT2D eigenvalue weighted by atomic mass is 9.88. The van der Waals surface area contributed by atoms with Gasteiger partial charge in [0.1, 0.15) is 5.75 Å². The molecule has 3 aromatic carbocycles. The molecule has 0 amide bonds. The van der Waals surface area contributed by atoms with E-state index in [1.165, 1.54) is 40.7 Å². The maximum absolute atomic E-state index is 6.64. The van der Waals surface area contributed by atoms with Crippen LogP contribution >= 0.6 is 0 Å². The summed E-state index contributed by atoms with van der Waals surface area (Å²) in [5.74, 6) is 1.62. The quantitative estimate of drug-likeness (QED) is 0.392. The Bertz CT molecular complexity index is 1000. The van der Waals surface area contributed by atoms with E-state index < -0.39 is 0 Å². The van der Waals surface area contributed by atoms with Gasteiger partial charge in [-0.25, -0.2) is 0 Å². The summed E-state index contributed by atoms with van der Waals surface area (Å²) in [6.45, 7) is 6.69. The fraction of sp³-hybridized carbons (Fsp3) is 0.333. The molecule has 2 heteroatoms. The zero-order valence-electron chi connectivity index (χ0n) is 19.4. The highest BCUT2D eigenvalue weighted by atomic mass is 16.5. The lowest BCUT2D eigenvalue weighted by Crippen LogP contribution is -2.35. The number of allylic oxidation sites excluding steroid dienone is 2. The molecule has 0 aromatic heterocycles. The van der Waals surface area contributed by atoms with Gasteiger partial charge in [0.15, 0.2) is 0 Å². The number of para-hydroxylation sites is 1. The number of piperidine rings is 1. The van der Waals surface area contributed by atoms with E-state index in [1.54, 1.807) is 0 Å². The maximum Gasteiger partial charge on any atom is 0.127 e. The molecule has 0 spiro atoms. The number of rotatable bonds is 8. The predicted molar refractivity (Wildman–Crippen MR) is 136 cm³/mol. The largest absolute Gasteiger partial charge is 0.490 e. The molecule has 0 aliphatic carbocycles. The molecule has 4 rings (SSSR count). The summed E-state index contributed by atoms with van der Waals surface area (Å²) >= 11 is 0. The van der Waals surface area contributed by atoms with E-state index in [4.69, 9.17) is 4.74 Å². The van der Waals surface area contributed by atoms with E-state index in [9.17, 15) is 0 Å². The van der Waals surface area contributed by atoms with E-state index in [0.717, 1.165) is 31.7 Å². The van der Waals surface area contributed by atoms with E-state index in [-0.39, 0.29) is 6.10 Å². The van der Waals surface area contributed by atoms with Crippen LogP contribution in [-0.2, 0) is 6.42 Å². The van der Waals surface area contributed by atoms with Gasteiger partial charge < -0.3 is 10.1 Å². The van der Waals surface area contributed by atoms with Crippen molar-refractivity contribution in [2.75, 3.05) is 13.1 Å². The van der Waals surface area contributed by atoms with Crippen molar-refractivity contribution in [1.29, 1.82) is 0 Å². The van der Waals surface area contributed by atoms with Gasteiger partial charge in [0.05, 0.1) is 6.10 Å². The van der Waals surface area contributed by atoms with Crippen LogP contribution in [0.1, 0.15) is 49.8 Å². The summed E-state index contributed by atoms with van der Waals surface area (Å²) in [5, 5.41) is 3.47. The summed E-state index contributed by atoms with van der Waals surface area (Å²) in [6.07, 6.45) is 4.45. The van der Waals surface area contributed by atoms with Gasteiger partial charge in [-0.1, -0.05) is 85.8 Å². The molecule has 3 aromatic rings. The van der Waals surface area contributed by atoms with E-state index in [2.05, 4.69) is 104 Å². The highest BCUT2D eigenvalue weighted by molar-refractivity contribution is 5.93. The molecule has 1 N–H and O–H groups in total. The molecule has 2 nitrogen and oxygen atoms in total. The Hall–Kier alpha value is -2.84. The average Bonchev–Trinajstić information content (AvgIpc) is 2.86. The minimum absolute atomic E-state index is 0.214. The van der Waals surface area contributed by atoms with Crippen LogP contribution in [0.5, 0.6) is 5.75 Å². The van der Waals surface area contributed by atoms with Crippen molar-refractivity contribution in [2.45, 2.75) is 45.6 Å². The standard InChI is InChI=1S/C30H35NO/c1-3-27(29(26-14-8-5-9-15-26)22-24-12-6-4-7-13-24)28-16-10-11-17-30(28)32-23(2)25-18-20-31-21-19-25/h4-17,23,25,31H,3,18-22H2,1-2H3. The first kappa shape index (κ1) is 22.4. The van der Waals surface area contributed by atoms with Crippen LogP contribution in [0, 0.1) is 5.92 Å². The fourth-order valence-electron chi connectivity index (χ4n) is 4.82. The normalized spacial score (nSPS) is 16.3. The van der Waals surface area contributed by atoms with Crippen molar-refractivity contribution < 1.29 is 4.74 Å². The third-order valence-corrected chi connectivity index (χ3v) is 6.64. The van der Waals surface area contributed by atoms with Crippen molar-refractivity contribution in [3.63, 3.8) is 0 Å². The molecule has 0 saturated carbocycles. The first-order valence-corrected chi connectivity index (χ1v) is 12.0. The van der Waals surface area contributed by atoms with Crippen LogP contribution < -0.4 is 10.1 Å². The number of ether oxygens (including phenoxy) is 1. The van der Waals surface area contributed by atoms with Crippen molar-refractivity contribution in [3.05, 3.63) is 102 Å². The molecule has 1 aliphatic rings. The lowest BCUT2D eigenvalue weighted by Gasteiger charge is -2.29. The first-order valence-electron chi connectivity index (χ1n) is 12.0. The topological polar surface area (TPSA) is 21.3 Å². The second kappa shape index (κ2) is 11.2. The highest BCUT2D eigenvalue weighted by Crippen LogP contribution is 2.37. The van der Waals surface area contributed by atoms with Gasteiger partial charge in [-0.05, 0) is 80.0 Å². The number of hydrogen-bond acceptors (Lipinski definition) is 2. The van der Waals surface area contributed by atoms with Gasteiger partial charge >= 0.3 is 0 Å². The molecule has 0 bridgehead atoms. The third kappa shape index (κ3) is 5.49. The zero-order chi connectivity index (χ0) is 22.2. The molecular formula is C30H35NO. The van der Waals surface area contributed by atoms with Crippen molar-refractivity contribution >= 4 is 11.1 Å². The summed E-state index contributed by atoms with van der Waals surface area (Å²) in [7, 11) is 0. The molecular weight excluding hydrogens is 390 g/mol. The molecule has 1 heterocycles. The van der Waals surface area contributed by atoms with Gasteiger partial charge in [-0.3, -0.25) is 0 Å². The minimum Gasteiger partial charge on any atom is -0.490 e. The third-order valence-electron chi connectivity index (χ3n) is 6.64. The van der Waals surface area contributed by atoms with Gasteiger partial charge in [-0.15, -0.1) is 0 Å². The van der Waals surface area contributed by atoms with Gasteiger partial charge in [0, 0.05) is 5.56 Å². The highest BCUT2D eigenvalue weighted by Gasteiger charge is 2.23. The van der Waals surface area contributed by atoms with Crippen molar-refractivity contribution in [2.24, 2.45) is 5.92 Å². The van der Waals surface area contributed by atoms with Crippen LogP contribution in [0.2, 0.25) is 0 Å². The molecule has 1 atom stereocenters. The molecule has 1 saturated heterocycles. The molecule has 1 fully saturated rings. The van der Waals surface area contributed by atoms with Crippen LogP contribution in [0.4, 0.5) is 0 Å². The Morgan fingerprint density at radius 1 is 0.844 bits per heavy atom. The lowest BCUT2D eigenvalue weighted by molar-refractivity contribution is 0.128. The average molecular weight is 426 g/mol. The second-order valence-electron chi connectivity index (χ2n) is 8.75. The Labute approximate surface area is 193 Å². The smallest absolute Gasteiger partial charge is 0.127 e. The van der Waals surface area contributed by atoms with E-state index in [0.29, 0.717) is 5.92 Å². The monoisotopic (exact) mass is 425 g/mol. The number of hydrogen-bond donors (Lipinski definition) is 1. The first-order chi connectivity index (χ1) is 15.8. The van der Waals surface area contributed by atoms with E-state index in [1.807, 2.05) is 0 Å². The molecule has 166 valence electrons. The second-order valence-corrected chi connectivity index (χ2v) is 8.75. The van der Waals surface area contributed by atoms with Crippen LogP contribution in [0.25, 0.3) is 11.1 Å². The maximum atomic E-state index is 6.64. The molecule has 0 radical (unpaired) electrons. The van der Waals surface area contributed by atoms with Crippen LogP contribution in [0.3, 0.4) is 0 Å². The Balaban J connectivity index is 1.73. The number of benzene rings is 3. The van der Waals surface area contributed by atoms with Crippen LogP contribution in [0.15, 0.2) is 84.9 Å². The Morgan fingerprint density at radius 2 is 1.47 bits per heavy atom. The molecule has 1 unspecified atom stereocenters. The summed E-state index contributed by atoms with van der Waals surface area (Å²) in [4.78, 5) is 0. The molecule has 32 heavy (non-hydrogen) atoms. The van der Waals surface area contributed by atoms with Crippen molar-refractivity contribution in [3.8, 4) is 5.75 Å². The van der Waals surface area contributed by atoms with Gasteiger partial charge in [0.2, 0.25) is 0 Å². The summed E-state index contributed by atoms with van der Waals surface area (Å²) in [5.41, 5.74) is 6.59. The van der Waals surface area contributed by atoms with Crippen LogP contribution in [-0.4, -0.2) is 19.2 Å². The van der Waals surface area contributed by atoms with E-state index >= 15 is 0 Å². The van der Waals surface area contributed by atoms with Crippen molar-refractivity contribution in [1.82, 2.24) is 5.32 Å². The van der Waals surface area contributed by atoms with Gasteiger partial charge in [0.25, 0.3) is 0 Å². The SMILES string of the molecule is CCC(=C(Cc1ccccc1)c1ccccc1)c1ccccc1OC(C)C1CCNCC1. The van der Waals surface area contributed by atoms with Gasteiger partial charge in [-0.2, -0.15) is 0 Å². The number of nitrogens with one attached hydrogen (secondary N) is 1. The fourth-order valence-corrected chi connectivity index (χ4v) is 4.82. The molecule has 1 aliphatic heterocycles. The Morgan fingerprint density at radius 3 is 2.16 bits per heavy atom. The summed E-state index contributed by atoms with van der Waals surface area (Å²) < 4.78 is 6.64.